The number of anilines is 1. The molecule has 150 valence electrons. The van der Waals surface area contributed by atoms with Crippen LogP contribution in [0.3, 0.4) is 0 Å². The number of hydrogen-bond acceptors (Lipinski definition) is 7. The summed E-state index contributed by atoms with van der Waals surface area (Å²) in [6.45, 7) is 6.13. The van der Waals surface area contributed by atoms with E-state index >= 15 is 4.39 Å². The number of fused-ring (bicyclic) bond motifs is 1. The van der Waals surface area contributed by atoms with E-state index in [0.717, 1.165) is 25.9 Å². The van der Waals surface area contributed by atoms with Gasteiger partial charge in [-0.15, -0.1) is 0 Å². The Morgan fingerprint density at radius 1 is 1.36 bits per heavy atom. The molecule has 1 saturated carbocycles. The van der Waals surface area contributed by atoms with Gasteiger partial charge in [0.25, 0.3) is 0 Å². The number of aromatic nitrogens is 2. The standard InChI is InChI=1S/C19H23FN4O4/c1-3-27-19(26)28-13-10-24(12-4-5-12)17-14(16(13)25)11(2)15(20)18(22-17)23-8-6-21-7-9-23/h10,12,21H,3-9H2,1-2H3. The highest BCUT2D eigenvalue weighted by molar-refractivity contribution is 5.83. The summed E-state index contributed by atoms with van der Waals surface area (Å²) in [7, 11) is 0. The topological polar surface area (TPSA) is 85.7 Å². The zero-order chi connectivity index (χ0) is 19.8. The van der Waals surface area contributed by atoms with E-state index < -0.39 is 17.4 Å². The lowest BCUT2D eigenvalue weighted by Crippen LogP contribution is -2.44. The van der Waals surface area contributed by atoms with Crippen molar-refractivity contribution in [3.05, 3.63) is 27.8 Å². The third-order valence-corrected chi connectivity index (χ3v) is 5.10. The lowest BCUT2D eigenvalue weighted by Gasteiger charge is -2.29. The summed E-state index contributed by atoms with van der Waals surface area (Å²) >= 11 is 0. The molecule has 0 aromatic carbocycles. The van der Waals surface area contributed by atoms with Gasteiger partial charge in [0.15, 0.2) is 17.4 Å². The van der Waals surface area contributed by atoms with E-state index in [9.17, 15) is 9.59 Å². The van der Waals surface area contributed by atoms with Gasteiger partial charge in [0.1, 0.15) is 5.65 Å². The van der Waals surface area contributed by atoms with Crippen LogP contribution in [-0.2, 0) is 4.74 Å². The average molecular weight is 390 g/mol. The molecule has 1 saturated heterocycles. The zero-order valence-electron chi connectivity index (χ0n) is 16.0. The van der Waals surface area contributed by atoms with E-state index in [4.69, 9.17) is 9.47 Å². The van der Waals surface area contributed by atoms with Crippen molar-refractivity contribution in [1.29, 1.82) is 0 Å². The molecule has 3 heterocycles. The summed E-state index contributed by atoms with van der Waals surface area (Å²) in [5.41, 5.74) is 0.0825. The van der Waals surface area contributed by atoms with Gasteiger partial charge in [0.05, 0.1) is 18.2 Å². The number of nitrogens with one attached hydrogen (secondary N) is 1. The van der Waals surface area contributed by atoms with Gasteiger partial charge in [0, 0.05) is 37.8 Å². The molecule has 8 nitrogen and oxygen atoms in total. The molecule has 2 fully saturated rings. The summed E-state index contributed by atoms with van der Waals surface area (Å²) < 4.78 is 26.8. The van der Waals surface area contributed by atoms with E-state index in [1.807, 2.05) is 9.47 Å². The molecule has 0 unspecified atom stereocenters. The molecule has 0 spiro atoms. The van der Waals surface area contributed by atoms with Gasteiger partial charge < -0.3 is 24.3 Å². The molecular weight excluding hydrogens is 367 g/mol. The van der Waals surface area contributed by atoms with E-state index in [-0.39, 0.29) is 35.2 Å². The number of nitrogens with zero attached hydrogens (tertiary/aromatic N) is 3. The predicted molar refractivity (Wildman–Crippen MR) is 102 cm³/mol. The molecule has 0 bridgehead atoms. The number of rotatable bonds is 4. The molecule has 0 radical (unpaired) electrons. The summed E-state index contributed by atoms with van der Waals surface area (Å²) in [6, 6.07) is 0.154. The fraction of sp³-hybridized carbons (Fsp3) is 0.526. The quantitative estimate of drug-likeness (QED) is 0.801. The van der Waals surface area contributed by atoms with Crippen LogP contribution in [0.5, 0.6) is 5.75 Å². The second-order valence-electron chi connectivity index (χ2n) is 7.06. The highest BCUT2D eigenvalue weighted by atomic mass is 19.1. The van der Waals surface area contributed by atoms with Gasteiger partial charge in [0.2, 0.25) is 5.43 Å². The van der Waals surface area contributed by atoms with Crippen LogP contribution in [0.4, 0.5) is 15.0 Å². The minimum absolute atomic E-state index is 0.131. The highest BCUT2D eigenvalue weighted by Crippen LogP contribution is 2.38. The number of aryl methyl sites for hydroxylation is 1. The van der Waals surface area contributed by atoms with Crippen LogP contribution in [0.25, 0.3) is 11.0 Å². The number of pyridine rings is 2. The highest BCUT2D eigenvalue weighted by Gasteiger charge is 2.30. The van der Waals surface area contributed by atoms with E-state index in [0.29, 0.717) is 18.7 Å². The first-order chi connectivity index (χ1) is 13.5. The van der Waals surface area contributed by atoms with Gasteiger partial charge in [-0.1, -0.05) is 0 Å². The van der Waals surface area contributed by atoms with Crippen molar-refractivity contribution in [3.63, 3.8) is 0 Å². The van der Waals surface area contributed by atoms with E-state index in [1.54, 1.807) is 13.8 Å². The van der Waals surface area contributed by atoms with Crippen molar-refractivity contribution in [1.82, 2.24) is 14.9 Å². The SMILES string of the molecule is CCOC(=O)Oc1cn(C2CC2)c2nc(N3CCNCC3)c(F)c(C)c2c1=O. The Morgan fingerprint density at radius 2 is 2.07 bits per heavy atom. The summed E-state index contributed by atoms with van der Waals surface area (Å²) in [4.78, 5) is 31.1. The fourth-order valence-electron chi connectivity index (χ4n) is 3.51. The number of hydrogen-bond donors (Lipinski definition) is 1. The molecule has 28 heavy (non-hydrogen) atoms. The van der Waals surface area contributed by atoms with Crippen LogP contribution in [0.15, 0.2) is 11.0 Å². The molecule has 1 aliphatic carbocycles. The molecule has 2 aromatic rings. The first-order valence-corrected chi connectivity index (χ1v) is 9.56. The van der Waals surface area contributed by atoms with Gasteiger partial charge in [-0.25, -0.2) is 14.2 Å². The number of carbonyl (C=O) groups is 1. The molecule has 1 N–H and O–H groups in total. The molecule has 9 heteroatoms. The van der Waals surface area contributed by atoms with Crippen LogP contribution < -0.4 is 20.4 Å². The Bertz CT molecular complexity index is 980. The molecule has 0 amide bonds. The lowest BCUT2D eigenvalue weighted by molar-refractivity contribution is 0.103. The molecule has 4 rings (SSSR count). The number of ether oxygens (including phenoxy) is 2. The Labute approximate surface area is 161 Å². The maximum absolute atomic E-state index is 15.2. The van der Waals surface area contributed by atoms with Crippen molar-refractivity contribution in [2.24, 2.45) is 0 Å². The predicted octanol–water partition coefficient (Wildman–Crippen LogP) is 2.12. The summed E-state index contributed by atoms with van der Waals surface area (Å²) in [5, 5.41) is 3.38. The minimum atomic E-state index is -0.954. The maximum atomic E-state index is 15.2. The smallest absolute Gasteiger partial charge is 0.434 e. The Morgan fingerprint density at radius 3 is 2.71 bits per heavy atom. The van der Waals surface area contributed by atoms with Gasteiger partial charge in [-0.2, -0.15) is 0 Å². The van der Waals surface area contributed by atoms with Crippen molar-refractivity contribution < 1.29 is 18.7 Å². The Balaban J connectivity index is 1.89. The first kappa shape index (κ1) is 18.7. The summed E-state index contributed by atoms with van der Waals surface area (Å²) in [5.74, 6) is -0.418. The van der Waals surface area contributed by atoms with Crippen LogP contribution >= 0.6 is 0 Å². The van der Waals surface area contributed by atoms with Crippen molar-refractivity contribution in [2.45, 2.75) is 32.7 Å². The zero-order valence-corrected chi connectivity index (χ0v) is 16.0. The maximum Gasteiger partial charge on any atom is 0.514 e. The Hall–Kier alpha value is -2.68. The van der Waals surface area contributed by atoms with Crippen LogP contribution in [0.1, 0.15) is 31.4 Å². The largest absolute Gasteiger partial charge is 0.514 e. The van der Waals surface area contributed by atoms with Gasteiger partial charge in [-0.05, 0) is 26.7 Å². The van der Waals surface area contributed by atoms with Gasteiger partial charge in [-0.3, -0.25) is 4.79 Å². The van der Waals surface area contributed by atoms with Crippen molar-refractivity contribution in [2.75, 3.05) is 37.7 Å². The van der Waals surface area contributed by atoms with Crippen molar-refractivity contribution >= 4 is 23.0 Å². The first-order valence-electron chi connectivity index (χ1n) is 9.56. The third-order valence-electron chi connectivity index (χ3n) is 5.10. The van der Waals surface area contributed by atoms with Crippen LogP contribution in [0.2, 0.25) is 0 Å². The normalized spacial score (nSPS) is 17.0. The molecule has 2 aromatic heterocycles. The monoisotopic (exact) mass is 390 g/mol. The fourth-order valence-corrected chi connectivity index (χ4v) is 3.51. The third kappa shape index (κ3) is 3.30. The number of halogens is 1. The lowest BCUT2D eigenvalue weighted by atomic mass is 10.1. The van der Waals surface area contributed by atoms with Crippen LogP contribution in [0, 0.1) is 12.7 Å². The molecule has 2 aliphatic rings. The van der Waals surface area contributed by atoms with Crippen LogP contribution in [-0.4, -0.2) is 48.5 Å². The Kier molecular flexibility index (Phi) is 4.92. The van der Waals surface area contributed by atoms with Crippen molar-refractivity contribution in [3.8, 4) is 5.75 Å². The van der Waals surface area contributed by atoms with E-state index in [2.05, 4.69) is 10.3 Å². The average Bonchev–Trinajstić information content (AvgIpc) is 3.52. The second-order valence-corrected chi connectivity index (χ2v) is 7.06. The van der Waals surface area contributed by atoms with E-state index in [1.165, 1.54) is 6.20 Å². The number of carbonyl (C=O) groups excluding carboxylic acids is 1. The molecular formula is C19H23FN4O4. The number of piperazine rings is 1. The molecule has 0 atom stereocenters. The second kappa shape index (κ2) is 7.38. The summed E-state index contributed by atoms with van der Waals surface area (Å²) in [6.07, 6.45) is 2.39. The molecule has 1 aliphatic heterocycles. The minimum Gasteiger partial charge on any atom is -0.434 e. The van der Waals surface area contributed by atoms with Gasteiger partial charge >= 0.3 is 6.16 Å².